The van der Waals surface area contributed by atoms with Gasteiger partial charge in [0.1, 0.15) is 67.6 Å². The highest BCUT2D eigenvalue weighted by molar-refractivity contribution is 6.32. The first-order chi connectivity index (χ1) is 35.1. The number of hydrogen-bond acceptors (Lipinski definition) is 14. The quantitative estimate of drug-likeness (QED) is 0.0372. The Morgan fingerprint density at radius 2 is 1.11 bits per heavy atom. The van der Waals surface area contributed by atoms with E-state index in [0.29, 0.717) is 55.3 Å². The second-order valence-electron chi connectivity index (χ2n) is 17.1. The molecular weight excluding hydrogens is 976 g/mol. The van der Waals surface area contributed by atoms with Gasteiger partial charge in [0, 0.05) is 105 Å². The number of rotatable bonds is 26. The maximum atomic E-state index is 12.1. The van der Waals surface area contributed by atoms with Gasteiger partial charge in [-0.2, -0.15) is 5.26 Å². The van der Waals surface area contributed by atoms with E-state index < -0.39 is 36.2 Å². The van der Waals surface area contributed by atoms with Crippen molar-refractivity contribution < 1.29 is 48.2 Å². The Labute approximate surface area is 434 Å². The summed E-state index contributed by atoms with van der Waals surface area (Å²) in [6.07, 6.45) is 6.92. The van der Waals surface area contributed by atoms with Crippen molar-refractivity contribution in [2.75, 3.05) is 21.3 Å². The molecule has 4 N–H and O–H groups in total. The summed E-state index contributed by atoms with van der Waals surface area (Å²) in [5.74, 6) is -0.580. The molecule has 382 valence electrons. The molecule has 0 fully saturated rings. The molecule has 18 heteroatoms. The second kappa shape index (κ2) is 26.6. The van der Waals surface area contributed by atoms with Crippen molar-refractivity contribution in [2.24, 2.45) is 4.99 Å². The summed E-state index contributed by atoms with van der Waals surface area (Å²) in [5.41, 5.74) is 9.61. The highest BCUT2D eigenvalue weighted by Crippen LogP contribution is 2.37. The predicted octanol–water partition coefficient (Wildman–Crippen LogP) is 9.46. The summed E-state index contributed by atoms with van der Waals surface area (Å²) < 4.78 is 36.0. The molecule has 6 aromatic rings. The second-order valence-corrected chi connectivity index (χ2v) is 17.9. The fraction of sp³-hybridized carbons (Fsp3) is 0.309. The first kappa shape index (κ1) is 55.2. The van der Waals surface area contributed by atoms with E-state index in [1.807, 2.05) is 50.2 Å². The summed E-state index contributed by atoms with van der Waals surface area (Å²) in [6.45, 7) is 8.15. The number of pyridine rings is 2. The SMILES string of the molecule is C/N=C/c1cncc(COc2cc(OCc3cccc(-c4cccc(COc5cc(OCc6cncc(C#N)c6)c(CN[C@H](C(=O)O)[C@@H](C)OC)cc5Cl)c4C)c3C)c(Cl)cc2CN[C@H](C(=O)O)[C@@H](C)OC)c1. The van der Waals surface area contributed by atoms with Crippen molar-refractivity contribution in [3.05, 3.63) is 163 Å². The van der Waals surface area contributed by atoms with E-state index in [2.05, 4.69) is 37.7 Å². The molecular formula is C55H58Cl2N6O10. The number of aliphatic carboxylic acids is 2. The highest BCUT2D eigenvalue weighted by Gasteiger charge is 2.27. The van der Waals surface area contributed by atoms with Crippen molar-refractivity contribution in [3.63, 3.8) is 0 Å². The highest BCUT2D eigenvalue weighted by atomic mass is 35.5. The normalized spacial score (nSPS) is 12.9. The van der Waals surface area contributed by atoms with Crippen LogP contribution in [0.1, 0.15) is 69.5 Å². The molecule has 0 spiro atoms. The molecule has 0 aliphatic rings. The van der Waals surface area contributed by atoms with Gasteiger partial charge in [0.15, 0.2) is 0 Å². The van der Waals surface area contributed by atoms with Crippen LogP contribution in [0, 0.1) is 25.2 Å². The molecule has 0 aliphatic heterocycles. The zero-order valence-corrected chi connectivity index (χ0v) is 43.1. The third-order valence-corrected chi connectivity index (χ3v) is 12.8. The van der Waals surface area contributed by atoms with Crippen LogP contribution in [0.3, 0.4) is 0 Å². The molecule has 4 aromatic carbocycles. The predicted molar refractivity (Wildman–Crippen MR) is 278 cm³/mol. The average molecular weight is 1030 g/mol. The van der Waals surface area contributed by atoms with Crippen molar-refractivity contribution in [1.82, 2.24) is 20.6 Å². The molecule has 0 amide bonds. The van der Waals surface area contributed by atoms with Gasteiger partial charge < -0.3 is 38.6 Å². The van der Waals surface area contributed by atoms with Crippen LogP contribution in [-0.2, 0) is 58.6 Å². The lowest BCUT2D eigenvalue weighted by atomic mass is 9.92. The van der Waals surface area contributed by atoms with E-state index in [9.17, 15) is 25.1 Å². The zero-order chi connectivity index (χ0) is 52.6. The standard InChI is InChI=1S/C55H58Cl2N6O10/c1-32-40(30-72-50-18-48(70-28-38-14-36(20-58)22-60-24-38)42(16-46(50)56)26-62-52(54(64)65)34(3)68-6)10-8-12-44(32)45-13-9-11-41(33(45)2)31-73-51-19-49(71-29-39-15-37(21-59-5)23-61-25-39)43(17-47(51)57)27-63-53(55(66)67)35(4)69-7/h8-19,21-25,34-35,52-53,62-63H,26-31H2,1-7H3,(H,64,65)(H,66,67)/b59-21+/t34-,35-,52+,53+/m1/s1. The lowest BCUT2D eigenvalue weighted by Gasteiger charge is -2.22. The van der Waals surface area contributed by atoms with Gasteiger partial charge >= 0.3 is 11.9 Å². The van der Waals surface area contributed by atoms with Crippen LogP contribution in [0.4, 0.5) is 0 Å². The van der Waals surface area contributed by atoms with Crippen LogP contribution in [0.25, 0.3) is 11.1 Å². The number of benzene rings is 4. The van der Waals surface area contributed by atoms with Gasteiger partial charge in [-0.1, -0.05) is 59.6 Å². The number of aromatic nitrogens is 2. The number of methoxy groups -OCH3 is 2. The molecule has 2 heterocycles. The van der Waals surface area contributed by atoms with E-state index >= 15 is 0 Å². The number of halogens is 2. The molecule has 73 heavy (non-hydrogen) atoms. The van der Waals surface area contributed by atoms with Crippen LogP contribution in [0.2, 0.25) is 10.0 Å². The molecule has 4 atom stereocenters. The molecule has 0 saturated heterocycles. The van der Waals surface area contributed by atoms with Gasteiger partial charge in [0.25, 0.3) is 0 Å². The van der Waals surface area contributed by atoms with Crippen LogP contribution < -0.4 is 29.6 Å². The Kier molecular flexibility index (Phi) is 20.1. The van der Waals surface area contributed by atoms with E-state index in [4.69, 9.17) is 51.6 Å². The lowest BCUT2D eigenvalue weighted by molar-refractivity contribution is -0.144. The van der Waals surface area contributed by atoms with Gasteiger partial charge in [0.05, 0.1) is 27.8 Å². The molecule has 16 nitrogen and oxygen atoms in total. The van der Waals surface area contributed by atoms with Crippen LogP contribution >= 0.6 is 23.2 Å². The number of nitrogens with one attached hydrogen (secondary N) is 2. The summed E-state index contributed by atoms with van der Waals surface area (Å²) in [5, 5.41) is 35.8. The number of carbonyl (C=O) groups is 2. The van der Waals surface area contributed by atoms with E-state index in [1.165, 1.54) is 20.4 Å². The number of carboxylic acids is 2. The van der Waals surface area contributed by atoms with E-state index in [0.717, 1.165) is 44.5 Å². The lowest BCUT2D eigenvalue weighted by Crippen LogP contribution is -2.45. The number of carboxylic acid groups (broad SMARTS) is 2. The van der Waals surface area contributed by atoms with Gasteiger partial charge in [-0.05, 0) is 85.3 Å². The minimum Gasteiger partial charge on any atom is -0.488 e. The Hall–Kier alpha value is -7.10. The molecule has 0 radical (unpaired) electrons. The van der Waals surface area contributed by atoms with Crippen LogP contribution in [-0.4, -0.2) is 83.9 Å². The smallest absolute Gasteiger partial charge is 0.323 e. The largest absolute Gasteiger partial charge is 0.488 e. The number of hydrogen-bond donors (Lipinski definition) is 4. The van der Waals surface area contributed by atoms with Gasteiger partial charge in [-0.3, -0.25) is 35.2 Å². The molecule has 0 aliphatic carbocycles. The number of nitriles is 1. The number of nitrogens with zero attached hydrogens (tertiary/aromatic N) is 4. The van der Waals surface area contributed by atoms with Crippen molar-refractivity contribution >= 4 is 41.4 Å². The maximum Gasteiger partial charge on any atom is 0.323 e. The van der Waals surface area contributed by atoms with E-state index in [1.54, 1.807) is 76.0 Å². The van der Waals surface area contributed by atoms with Gasteiger partial charge in [-0.15, -0.1) is 0 Å². The maximum absolute atomic E-state index is 12.1. The summed E-state index contributed by atoms with van der Waals surface area (Å²) >= 11 is 13.7. The van der Waals surface area contributed by atoms with Gasteiger partial charge in [0.2, 0.25) is 0 Å². The fourth-order valence-corrected chi connectivity index (χ4v) is 8.35. The minimum atomic E-state index is -1.07. The number of aliphatic imine (C=N–C) groups is 1. The molecule has 0 saturated carbocycles. The summed E-state index contributed by atoms with van der Waals surface area (Å²) in [4.78, 5) is 36.7. The Morgan fingerprint density at radius 3 is 1.55 bits per heavy atom. The molecule has 0 unspecified atom stereocenters. The topological polar surface area (TPSA) is 216 Å². The Morgan fingerprint density at radius 1 is 0.658 bits per heavy atom. The molecule has 2 aromatic heterocycles. The third kappa shape index (κ3) is 14.8. The third-order valence-electron chi connectivity index (χ3n) is 12.2. The van der Waals surface area contributed by atoms with E-state index in [-0.39, 0.29) is 39.5 Å². The van der Waals surface area contributed by atoms with Crippen molar-refractivity contribution in [2.45, 2.75) is 91.5 Å². The molecule has 0 bridgehead atoms. The first-order valence-corrected chi connectivity index (χ1v) is 23.9. The Balaban J connectivity index is 1.22. The number of ether oxygens (including phenoxy) is 6. The Bertz CT molecular complexity index is 2970. The minimum absolute atomic E-state index is 0.0691. The summed E-state index contributed by atoms with van der Waals surface area (Å²) in [6, 6.07) is 22.4. The van der Waals surface area contributed by atoms with Crippen LogP contribution in [0.5, 0.6) is 23.0 Å². The fourth-order valence-electron chi connectivity index (χ4n) is 7.87. The average Bonchev–Trinajstić information content (AvgIpc) is 3.38. The first-order valence-electron chi connectivity index (χ1n) is 23.2. The van der Waals surface area contributed by atoms with Crippen molar-refractivity contribution in [1.29, 1.82) is 5.26 Å². The molecule has 6 rings (SSSR count). The van der Waals surface area contributed by atoms with Crippen LogP contribution in [0.15, 0.2) is 103 Å². The zero-order valence-electron chi connectivity index (χ0n) is 41.6. The van der Waals surface area contributed by atoms with Crippen molar-refractivity contribution in [3.8, 4) is 40.2 Å². The van der Waals surface area contributed by atoms with Gasteiger partial charge in [-0.25, -0.2) is 0 Å². The summed E-state index contributed by atoms with van der Waals surface area (Å²) in [7, 11) is 4.58. The monoisotopic (exact) mass is 1030 g/mol.